The second-order valence-corrected chi connectivity index (χ2v) is 2.54. The molecule has 1 rings (SSSR count). The van der Waals surface area contributed by atoms with Gasteiger partial charge in [0, 0.05) is 13.1 Å². The second kappa shape index (κ2) is 3.16. The molecule has 0 N–H and O–H groups in total. The maximum Gasteiger partial charge on any atom is 0.114 e. The summed E-state index contributed by atoms with van der Waals surface area (Å²) in [6, 6.07) is 0. The largest absolute Gasteiger partial charge is 0.300 e. The molecule has 1 fully saturated rings. The Morgan fingerprint density at radius 2 is 2.44 bits per heavy atom. The molecule has 1 radical (unpaired) electrons. The molecule has 53 valence electrons. The molecule has 2 heteroatoms. The van der Waals surface area contributed by atoms with E-state index in [0.29, 0.717) is 6.54 Å². The number of alkyl halides is 1. The maximum absolute atomic E-state index is 12.4. The molecular formula is C7H13FN. The van der Waals surface area contributed by atoms with Gasteiger partial charge in [-0.3, -0.25) is 0 Å². The first kappa shape index (κ1) is 7.00. The minimum absolute atomic E-state index is 0.573. The third-order valence-corrected chi connectivity index (χ3v) is 1.69. The van der Waals surface area contributed by atoms with Crippen LogP contribution in [0.1, 0.15) is 12.8 Å². The summed E-state index contributed by atoms with van der Waals surface area (Å²) >= 11 is 0. The van der Waals surface area contributed by atoms with E-state index in [1.54, 1.807) is 0 Å². The Balaban J connectivity index is 2.14. The van der Waals surface area contributed by atoms with Gasteiger partial charge in [0.2, 0.25) is 0 Å². The van der Waals surface area contributed by atoms with Crippen molar-refractivity contribution in [2.75, 3.05) is 19.6 Å². The Morgan fingerprint density at radius 1 is 1.67 bits per heavy atom. The summed E-state index contributed by atoms with van der Waals surface area (Å²) in [5.74, 6) is 0. The Labute approximate surface area is 55.8 Å². The molecular weight excluding hydrogens is 117 g/mol. The fourth-order valence-electron chi connectivity index (χ4n) is 1.21. The van der Waals surface area contributed by atoms with Gasteiger partial charge in [0.15, 0.2) is 0 Å². The van der Waals surface area contributed by atoms with E-state index in [9.17, 15) is 4.39 Å². The molecule has 0 bridgehead atoms. The third-order valence-electron chi connectivity index (χ3n) is 1.69. The zero-order chi connectivity index (χ0) is 6.69. The fourth-order valence-corrected chi connectivity index (χ4v) is 1.21. The average molecular weight is 130 g/mol. The lowest BCUT2D eigenvalue weighted by Crippen LogP contribution is -2.21. The maximum atomic E-state index is 12.4. The van der Waals surface area contributed by atoms with Crippen molar-refractivity contribution in [2.24, 2.45) is 0 Å². The number of nitrogens with zero attached hydrogens (tertiary/aromatic N) is 1. The molecule has 1 atom stereocenters. The van der Waals surface area contributed by atoms with Crippen LogP contribution in [-0.4, -0.2) is 30.7 Å². The summed E-state index contributed by atoms with van der Waals surface area (Å²) in [6.45, 7) is 6.23. The van der Waals surface area contributed by atoms with E-state index in [1.165, 1.54) is 0 Å². The monoisotopic (exact) mass is 130 g/mol. The Morgan fingerprint density at radius 3 is 2.89 bits per heavy atom. The molecule has 1 aliphatic rings. The highest BCUT2D eigenvalue weighted by Gasteiger charge is 2.19. The standard InChI is InChI=1S/C7H13FN/c1-2-4-9-5-3-7(8)6-9/h7H,1-6H2/t7-/m1/s1. The lowest BCUT2D eigenvalue weighted by molar-refractivity contribution is 0.291. The minimum Gasteiger partial charge on any atom is -0.300 e. The smallest absolute Gasteiger partial charge is 0.114 e. The molecule has 0 spiro atoms. The van der Waals surface area contributed by atoms with Gasteiger partial charge in [0.1, 0.15) is 6.17 Å². The van der Waals surface area contributed by atoms with Crippen molar-refractivity contribution in [3.63, 3.8) is 0 Å². The predicted octanol–water partition coefficient (Wildman–Crippen LogP) is 1.25. The number of hydrogen-bond acceptors (Lipinski definition) is 1. The zero-order valence-corrected chi connectivity index (χ0v) is 5.65. The van der Waals surface area contributed by atoms with E-state index in [4.69, 9.17) is 0 Å². The van der Waals surface area contributed by atoms with Crippen LogP contribution < -0.4 is 0 Å². The van der Waals surface area contributed by atoms with E-state index >= 15 is 0 Å². The van der Waals surface area contributed by atoms with Gasteiger partial charge in [0.05, 0.1) is 0 Å². The van der Waals surface area contributed by atoms with Crippen LogP contribution >= 0.6 is 0 Å². The summed E-state index contributed by atoms with van der Waals surface area (Å²) in [5.41, 5.74) is 0. The SMILES string of the molecule is [CH2]CCN1CC[C@@H](F)C1. The second-order valence-electron chi connectivity index (χ2n) is 2.54. The molecule has 1 saturated heterocycles. The van der Waals surface area contributed by atoms with Crippen LogP contribution in [0.4, 0.5) is 4.39 Å². The lowest BCUT2D eigenvalue weighted by Gasteiger charge is -2.11. The Hall–Kier alpha value is -0.110. The van der Waals surface area contributed by atoms with Crippen LogP contribution in [0.15, 0.2) is 0 Å². The van der Waals surface area contributed by atoms with Crippen molar-refractivity contribution in [3.05, 3.63) is 6.92 Å². The number of hydrogen-bond donors (Lipinski definition) is 0. The van der Waals surface area contributed by atoms with Crippen LogP contribution in [0.3, 0.4) is 0 Å². The van der Waals surface area contributed by atoms with Gasteiger partial charge in [-0.15, -0.1) is 0 Å². The van der Waals surface area contributed by atoms with Crippen molar-refractivity contribution in [3.8, 4) is 0 Å². The fraction of sp³-hybridized carbons (Fsp3) is 0.857. The van der Waals surface area contributed by atoms with E-state index in [0.717, 1.165) is 25.9 Å². The van der Waals surface area contributed by atoms with E-state index in [-0.39, 0.29) is 0 Å². The molecule has 0 amide bonds. The summed E-state index contributed by atoms with van der Waals surface area (Å²) in [5, 5.41) is 0. The van der Waals surface area contributed by atoms with Crippen molar-refractivity contribution >= 4 is 0 Å². The molecule has 0 aliphatic carbocycles. The van der Waals surface area contributed by atoms with Crippen LogP contribution in [0.2, 0.25) is 0 Å². The molecule has 1 aliphatic heterocycles. The Kier molecular flexibility index (Phi) is 2.46. The molecule has 0 saturated carbocycles. The minimum atomic E-state index is -0.573. The first-order valence-electron chi connectivity index (χ1n) is 3.48. The third kappa shape index (κ3) is 1.94. The van der Waals surface area contributed by atoms with Crippen molar-refractivity contribution in [1.29, 1.82) is 0 Å². The molecule has 0 aromatic rings. The van der Waals surface area contributed by atoms with Gasteiger partial charge in [-0.2, -0.15) is 0 Å². The van der Waals surface area contributed by atoms with Gasteiger partial charge in [-0.1, -0.05) is 6.92 Å². The van der Waals surface area contributed by atoms with Gasteiger partial charge in [0.25, 0.3) is 0 Å². The summed E-state index contributed by atoms with van der Waals surface area (Å²) in [7, 11) is 0. The van der Waals surface area contributed by atoms with Crippen molar-refractivity contribution in [2.45, 2.75) is 19.0 Å². The molecule has 1 heterocycles. The number of rotatable bonds is 2. The van der Waals surface area contributed by atoms with Crippen LogP contribution in [0.5, 0.6) is 0 Å². The highest BCUT2D eigenvalue weighted by atomic mass is 19.1. The van der Waals surface area contributed by atoms with Crippen LogP contribution in [0.25, 0.3) is 0 Å². The summed E-state index contributed by atoms with van der Waals surface area (Å²) in [4.78, 5) is 2.12. The van der Waals surface area contributed by atoms with E-state index < -0.39 is 6.17 Å². The van der Waals surface area contributed by atoms with Gasteiger partial charge in [-0.25, -0.2) is 4.39 Å². The normalized spacial score (nSPS) is 29.3. The highest BCUT2D eigenvalue weighted by molar-refractivity contribution is 4.74. The molecule has 0 aromatic carbocycles. The predicted molar refractivity (Wildman–Crippen MR) is 35.9 cm³/mol. The molecule has 0 unspecified atom stereocenters. The molecule has 0 aromatic heterocycles. The van der Waals surface area contributed by atoms with Crippen LogP contribution in [0, 0.1) is 6.92 Å². The van der Waals surface area contributed by atoms with Gasteiger partial charge < -0.3 is 4.90 Å². The van der Waals surface area contributed by atoms with Gasteiger partial charge in [-0.05, 0) is 19.4 Å². The summed E-state index contributed by atoms with van der Waals surface area (Å²) < 4.78 is 12.4. The Bertz CT molecular complexity index is 83.0. The van der Waals surface area contributed by atoms with E-state index in [1.807, 2.05) is 0 Å². The lowest BCUT2D eigenvalue weighted by atomic mass is 10.3. The molecule has 1 nitrogen and oxygen atoms in total. The average Bonchev–Trinajstić information content (AvgIpc) is 2.17. The number of halogens is 1. The zero-order valence-electron chi connectivity index (χ0n) is 5.65. The quantitative estimate of drug-likeness (QED) is 0.544. The van der Waals surface area contributed by atoms with Crippen LogP contribution in [-0.2, 0) is 0 Å². The van der Waals surface area contributed by atoms with Crippen molar-refractivity contribution < 1.29 is 4.39 Å². The first-order valence-corrected chi connectivity index (χ1v) is 3.48. The highest BCUT2D eigenvalue weighted by Crippen LogP contribution is 2.11. The number of likely N-dealkylation sites (tertiary alicyclic amines) is 1. The first-order chi connectivity index (χ1) is 4.33. The topological polar surface area (TPSA) is 3.24 Å². The summed E-state index contributed by atoms with van der Waals surface area (Å²) in [6.07, 6.45) is 1.05. The van der Waals surface area contributed by atoms with Crippen molar-refractivity contribution in [1.82, 2.24) is 4.90 Å². The van der Waals surface area contributed by atoms with E-state index in [2.05, 4.69) is 11.8 Å². The van der Waals surface area contributed by atoms with Gasteiger partial charge >= 0.3 is 0 Å². The molecule has 9 heavy (non-hydrogen) atoms.